The summed E-state index contributed by atoms with van der Waals surface area (Å²) in [6, 6.07) is 0. The molecule has 0 aromatic rings. The maximum absolute atomic E-state index is 9.27. The zero-order valence-corrected chi connectivity index (χ0v) is 10.9. The molecule has 0 saturated heterocycles. The van der Waals surface area contributed by atoms with Gasteiger partial charge in [-0.25, -0.2) is 0 Å². The van der Waals surface area contributed by atoms with E-state index in [0.29, 0.717) is 6.61 Å². The van der Waals surface area contributed by atoms with Crippen LogP contribution in [0.25, 0.3) is 0 Å². The molecule has 2 nitrogen and oxygen atoms in total. The highest BCUT2D eigenvalue weighted by molar-refractivity contribution is 4.95. The Morgan fingerprint density at radius 1 is 1.00 bits per heavy atom. The first-order chi connectivity index (χ1) is 7.83. The van der Waals surface area contributed by atoms with Gasteiger partial charge < -0.3 is 10.4 Å². The van der Waals surface area contributed by atoms with Crippen molar-refractivity contribution in [2.24, 2.45) is 0 Å². The van der Waals surface area contributed by atoms with Crippen LogP contribution in [0.5, 0.6) is 0 Å². The molecule has 1 aliphatic carbocycles. The summed E-state index contributed by atoms with van der Waals surface area (Å²) in [5.41, 5.74) is 0.113. The first-order valence-corrected chi connectivity index (χ1v) is 7.19. The Bertz CT molecular complexity index is 161. The van der Waals surface area contributed by atoms with Gasteiger partial charge >= 0.3 is 0 Å². The Balaban J connectivity index is 1.84. The van der Waals surface area contributed by atoms with Crippen LogP contribution in [0.15, 0.2) is 0 Å². The normalized spacial score (nSPS) is 18.4. The predicted molar refractivity (Wildman–Crippen MR) is 69.7 cm³/mol. The van der Waals surface area contributed by atoms with Gasteiger partial charge in [0.1, 0.15) is 0 Å². The third-order valence-corrected chi connectivity index (χ3v) is 3.89. The molecule has 1 aliphatic rings. The number of hydrogen-bond donors (Lipinski definition) is 2. The minimum atomic E-state index is 0.113. The lowest BCUT2D eigenvalue weighted by molar-refractivity contribution is 0.0886. The lowest BCUT2D eigenvalue weighted by Crippen LogP contribution is -2.54. The highest BCUT2D eigenvalue weighted by atomic mass is 16.3. The molecule has 0 aromatic heterocycles. The molecule has 0 atom stereocenters. The van der Waals surface area contributed by atoms with E-state index in [1.54, 1.807) is 0 Å². The standard InChI is InChI=1S/C14H29NO/c1-2-3-4-5-6-7-8-12-15-14(13-16)10-9-11-14/h15-16H,2-13H2,1H3. The number of hydrogen-bond acceptors (Lipinski definition) is 2. The fourth-order valence-corrected chi connectivity index (χ4v) is 2.43. The van der Waals surface area contributed by atoms with Crippen LogP contribution in [0.1, 0.15) is 71.1 Å². The van der Waals surface area contributed by atoms with E-state index >= 15 is 0 Å². The van der Waals surface area contributed by atoms with Gasteiger partial charge in [-0.05, 0) is 32.2 Å². The summed E-state index contributed by atoms with van der Waals surface area (Å²) in [4.78, 5) is 0. The minimum Gasteiger partial charge on any atom is -0.394 e. The highest BCUT2D eigenvalue weighted by Gasteiger charge is 2.35. The minimum absolute atomic E-state index is 0.113. The van der Waals surface area contributed by atoms with Crippen molar-refractivity contribution in [3.05, 3.63) is 0 Å². The van der Waals surface area contributed by atoms with Crippen molar-refractivity contribution in [2.45, 2.75) is 76.7 Å². The van der Waals surface area contributed by atoms with E-state index in [0.717, 1.165) is 6.54 Å². The second-order valence-electron chi connectivity index (χ2n) is 5.34. The van der Waals surface area contributed by atoms with Crippen molar-refractivity contribution < 1.29 is 5.11 Å². The van der Waals surface area contributed by atoms with Gasteiger partial charge in [0, 0.05) is 5.54 Å². The van der Waals surface area contributed by atoms with Gasteiger partial charge in [0.2, 0.25) is 0 Å². The molecule has 0 unspecified atom stereocenters. The summed E-state index contributed by atoms with van der Waals surface area (Å²) in [5.74, 6) is 0. The Morgan fingerprint density at radius 2 is 1.62 bits per heavy atom. The van der Waals surface area contributed by atoms with E-state index in [4.69, 9.17) is 0 Å². The molecule has 0 spiro atoms. The van der Waals surface area contributed by atoms with E-state index in [1.807, 2.05) is 0 Å². The lowest BCUT2D eigenvalue weighted by atomic mass is 9.77. The molecule has 16 heavy (non-hydrogen) atoms. The Kier molecular flexibility index (Phi) is 7.06. The van der Waals surface area contributed by atoms with Gasteiger partial charge in [0.15, 0.2) is 0 Å². The van der Waals surface area contributed by atoms with E-state index in [2.05, 4.69) is 12.2 Å². The summed E-state index contributed by atoms with van der Waals surface area (Å²) in [5, 5.41) is 12.8. The van der Waals surface area contributed by atoms with Crippen molar-refractivity contribution in [1.82, 2.24) is 5.32 Å². The largest absolute Gasteiger partial charge is 0.394 e. The predicted octanol–water partition coefficient (Wildman–Crippen LogP) is 3.24. The lowest BCUT2D eigenvalue weighted by Gasteiger charge is -2.41. The van der Waals surface area contributed by atoms with Gasteiger partial charge in [-0.1, -0.05) is 45.4 Å². The smallest absolute Gasteiger partial charge is 0.0613 e. The summed E-state index contributed by atoms with van der Waals surface area (Å²) in [6.45, 7) is 3.68. The number of nitrogens with one attached hydrogen (secondary N) is 1. The second kappa shape index (κ2) is 8.08. The summed E-state index contributed by atoms with van der Waals surface area (Å²) >= 11 is 0. The Morgan fingerprint density at radius 3 is 2.12 bits per heavy atom. The molecular weight excluding hydrogens is 198 g/mol. The fraction of sp³-hybridized carbons (Fsp3) is 1.00. The van der Waals surface area contributed by atoms with Crippen LogP contribution in [-0.2, 0) is 0 Å². The van der Waals surface area contributed by atoms with Crippen molar-refractivity contribution in [3.8, 4) is 0 Å². The number of unbranched alkanes of at least 4 members (excludes halogenated alkanes) is 6. The summed E-state index contributed by atoms with van der Waals surface area (Å²) in [7, 11) is 0. The molecule has 0 bridgehead atoms. The zero-order valence-electron chi connectivity index (χ0n) is 10.9. The van der Waals surface area contributed by atoms with Crippen molar-refractivity contribution in [3.63, 3.8) is 0 Å². The van der Waals surface area contributed by atoms with Crippen LogP contribution in [-0.4, -0.2) is 23.8 Å². The molecular formula is C14H29NO. The van der Waals surface area contributed by atoms with E-state index in [1.165, 1.54) is 64.2 Å². The zero-order chi connectivity index (χ0) is 11.7. The molecule has 0 heterocycles. The Hall–Kier alpha value is -0.0800. The molecule has 1 saturated carbocycles. The van der Waals surface area contributed by atoms with Crippen LogP contribution in [0.3, 0.4) is 0 Å². The van der Waals surface area contributed by atoms with Gasteiger partial charge in [-0.3, -0.25) is 0 Å². The van der Waals surface area contributed by atoms with E-state index in [9.17, 15) is 5.11 Å². The van der Waals surface area contributed by atoms with Crippen LogP contribution in [0, 0.1) is 0 Å². The van der Waals surface area contributed by atoms with E-state index < -0.39 is 0 Å². The SMILES string of the molecule is CCCCCCCCCNC1(CO)CCC1. The molecule has 2 heteroatoms. The Labute approximate surface area is 101 Å². The van der Waals surface area contributed by atoms with Crippen LogP contribution >= 0.6 is 0 Å². The highest BCUT2D eigenvalue weighted by Crippen LogP contribution is 2.30. The maximum atomic E-state index is 9.27. The summed E-state index contributed by atoms with van der Waals surface area (Å²) in [6.07, 6.45) is 13.2. The first kappa shape index (κ1) is 14.0. The second-order valence-corrected chi connectivity index (χ2v) is 5.34. The third kappa shape index (κ3) is 4.84. The molecule has 2 N–H and O–H groups in total. The molecule has 96 valence electrons. The van der Waals surface area contributed by atoms with Gasteiger partial charge in [-0.2, -0.15) is 0 Å². The molecule has 0 aromatic carbocycles. The molecule has 0 amide bonds. The average Bonchev–Trinajstić information content (AvgIpc) is 2.25. The molecule has 0 aliphatic heterocycles. The van der Waals surface area contributed by atoms with Crippen molar-refractivity contribution in [1.29, 1.82) is 0 Å². The monoisotopic (exact) mass is 227 g/mol. The van der Waals surface area contributed by atoms with E-state index in [-0.39, 0.29) is 5.54 Å². The number of rotatable bonds is 10. The topological polar surface area (TPSA) is 32.3 Å². The maximum Gasteiger partial charge on any atom is 0.0613 e. The van der Waals surface area contributed by atoms with Gasteiger partial charge in [-0.15, -0.1) is 0 Å². The molecule has 1 fully saturated rings. The van der Waals surface area contributed by atoms with Crippen LogP contribution in [0.4, 0.5) is 0 Å². The van der Waals surface area contributed by atoms with Crippen LogP contribution in [0.2, 0.25) is 0 Å². The first-order valence-electron chi connectivity index (χ1n) is 7.19. The molecule has 1 rings (SSSR count). The average molecular weight is 227 g/mol. The fourth-order valence-electron chi connectivity index (χ4n) is 2.43. The van der Waals surface area contributed by atoms with Gasteiger partial charge in [0.05, 0.1) is 6.61 Å². The van der Waals surface area contributed by atoms with Gasteiger partial charge in [0.25, 0.3) is 0 Å². The number of aliphatic hydroxyl groups is 1. The van der Waals surface area contributed by atoms with Crippen LogP contribution < -0.4 is 5.32 Å². The third-order valence-electron chi connectivity index (χ3n) is 3.89. The quantitative estimate of drug-likeness (QED) is 0.562. The summed E-state index contributed by atoms with van der Waals surface area (Å²) < 4.78 is 0. The van der Waals surface area contributed by atoms with Crippen molar-refractivity contribution >= 4 is 0 Å². The van der Waals surface area contributed by atoms with Crippen molar-refractivity contribution in [2.75, 3.05) is 13.2 Å². The number of aliphatic hydroxyl groups excluding tert-OH is 1. The molecule has 0 radical (unpaired) electrons.